The first-order valence-corrected chi connectivity index (χ1v) is 6.37. The van der Waals surface area contributed by atoms with Crippen LogP contribution >= 0.6 is 0 Å². The Labute approximate surface area is 93.8 Å². The summed E-state index contributed by atoms with van der Waals surface area (Å²) in [6.07, 6.45) is 5.58. The minimum atomic E-state index is 0.772. The van der Waals surface area contributed by atoms with Crippen molar-refractivity contribution in [3.63, 3.8) is 0 Å². The van der Waals surface area contributed by atoms with Crippen LogP contribution in [0.25, 0.3) is 0 Å². The number of nitrogens with zero attached hydrogens (tertiary/aromatic N) is 2. The lowest BCUT2D eigenvalue weighted by atomic mass is 10.1. The van der Waals surface area contributed by atoms with Crippen LogP contribution in [0.2, 0.25) is 0 Å². The topological polar surface area (TPSA) is 18.5 Å². The second-order valence-corrected chi connectivity index (χ2v) is 5.38. The van der Waals surface area contributed by atoms with E-state index in [1.165, 1.54) is 51.9 Å². The van der Waals surface area contributed by atoms with E-state index in [2.05, 4.69) is 29.2 Å². The van der Waals surface area contributed by atoms with E-state index in [4.69, 9.17) is 0 Å². The second kappa shape index (κ2) is 5.28. The molecule has 0 aromatic rings. The van der Waals surface area contributed by atoms with Crippen LogP contribution < -0.4 is 5.32 Å². The van der Waals surface area contributed by atoms with E-state index in [1.54, 1.807) is 0 Å². The SMILES string of the molecule is CN(C)CCN1CCCC(NC2CC2)C1. The van der Waals surface area contributed by atoms with Crippen LogP contribution in [0.4, 0.5) is 0 Å². The summed E-state index contributed by atoms with van der Waals surface area (Å²) in [6, 6.07) is 1.64. The molecule has 2 aliphatic rings. The molecule has 88 valence electrons. The Morgan fingerprint density at radius 1 is 1.20 bits per heavy atom. The zero-order valence-corrected chi connectivity index (χ0v) is 10.2. The molecule has 0 radical (unpaired) electrons. The highest BCUT2D eigenvalue weighted by atomic mass is 15.2. The Hall–Kier alpha value is -0.120. The lowest BCUT2D eigenvalue weighted by molar-refractivity contribution is 0.175. The summed E-state index contributed by atoms with van der Waals surface area (Å²) in [4.78, 5) is 4.89. The molecule has 2 fully saturated rings. The smallest absolute Gasteiger partial charge is 0.0198 e. The van der Waals surface area contributed by atoms with Gasteiger partial charge in [-0.2, -0.15) is 0 Å². The second-order valence-electron chi connectivity index (χ2n) is 5.38. The summed E-state index contributed by atoms with van der Waals surface area (Å²) >= 11 is 0. The summed E-state index contributed by atoms with van der Waals surface area (Å²) in [6.45, 7) is 4.99. The van der Waals surface area contributed by atoms with Gasteiger partial charge in [-0.25, -0.2) is 0 Å². The molecule has 1 N–H and O–H groups in total. The van der Waals surface area contributed by atoms with E-state index in [9.17, 15) is 0 Å². The maximum atomic E-state index is 3.76. The molecular weight excluding hydrogens is 186 g/mol. The zero-order chi connectivity index (χ0) is 10.7. The average Bonchev–Trinajstić information content (AvgIpc) is 2.99. The van der Waals surface area contributed by atoms with Crippen LogP contribution in [-0.4, -0.2) is 62.2 Å². The van der Waals surface area contributed by atoms with Gasteiger partial charge in [0.1, 0.15) is 0 Å². The number of nitrogens with one attached hydrogen (secondary N) is 1. The fourth-order valence-electron chi connectivity index (χ4n) is 2.32. The van der Waals surface area contributed by atoms with Gasteiger partial charge in [-0.15, -0.1) is 0 Å². The molecule has 1 saturated heterocycles. The van der Waals surface area contributed by atoms with E-state index in [0.29, 0.717) is 0 Å². The van der Waals surface area contributed by atoms with Crippen molar-refractivity contribution in [2.45, 2.75) is 37.8 Å². The Balaban J connectivity index is 1.66. The van der Waals surface area contributed by atoms with Gasteiger partial charge in [-0.05, 0) is 46.3 Å². The molecule has 1 atom stereocenters. The highest BCUT2D eigenvalue weighted by Gasteiger charge is 2.27. The van der Waals surface area contributed by atoms with Crippen LogP contribution in [0.15, 0.2) is 0 Å². The van der Waals surface area contributed by atoms with Crippen LogP contribution in [0.5, 0.6) is 0 Å². The first-order chi connectivity index (χ1) is 7.24. The lowest BCUT2D eigenvalue weighted by Crippen LogP contribution is -2.47. The van der Waals surface area contributed by atoms with Gasteiger partial charge in [-0.3, -0.25) is 0 Å². The van der Waals surface area contributed by atoms with Crippen molar-refractivity contribution in [3.05, 3.63) is 0 Å². The van der Waals surface area contributed by atoms with Gasteiger partial charge in [0.05, 0.1) is 0 Å². The molecule has 1 unspecified atom stereocenters. The quantitative estimate of drug-likeness (QED) is 0.724. The van der Waals surface area contributed by atoms with Gasteiger partial charge < -0.3 is 15.1 Å². The fraction of sp³-hybridized carbons (Fsp3) is 1.00. The van der Waals surface area contributed by atoms with Crippen LogP contribution in [-0.2, 0) is 0 Å². The van der Waals surface area contributed by atoms with Crippen LogP contribution in [0.1, 0.15) is 25.7 Å². The Morgan fingerprint density at radius 3 is 2.67 bits per heavy atom. The number of hydrogen-bond acceptors (Lipinski definition) is 3. The number of piperidine rings is 1. The van der Waals surface area contributed by atoms with E-state index in [-0.39, 0.29) is 0 Å². The fourth-order valence-corrected chi connectivity index (χ4v) is 2.32. The average molecular weight is 211 g/mol. The summed E-state index contributed by atoms with van der Waals surface area (Å²) in [5.74, 6) is 0. The molecule has 15 heavy (non-hydrogen) atoms. The van der Waals surface area contributed by atoms with E-state index in [1.807, 2.05) is 0 Å². The molecule has 1 aliphatic heterocycles. The van der Waals surface area contributed by atoms with Crippen molar-refractivity contribution >= 4 is 0 Å². The minimum Gasteiger partial charge on any atom is -0.310 e. The van der Waals surface area contributed by atoms with E-state index >= 15 is 0 Å². The molecular formula is C12H25N3. The summed E-state index contributed by atoms with van der Waals surface area (Å²) < 4.78 is 0. The maximum Gasteiger partial charge on any atom is 0.0198 e. The molecule has 3 nitrogen and oxygen atoms in total. The monoisotopic (exact) mass is 211 g/mol. The highest BCUT2D eigenvalue weighted by molar-refractivity contribution is 4.88. The van der Waals surface area contributed by atoms with Crippen molar-refractivity contribution in [2.75, 3.05) is 40.3 Å². The standard InChI is InChI=1S/C12H25N3/c1-14(2)8-9-15-7-3-4-12(10-15)13-11-5-6-11/h11-13H,3-10H2,1-2H3. The van der Waals surface area contributed by atoms with Crippen molar-refractivity contribution in [1.82, 2.24) is 15.1 Å². The van der Waals surface area contributed by atoms with Gasteiger partial charge in [0.2, 0.25) is 0 Å². The largest absolute Gasteiger partial charge is 0.310 e. The molecule has 0 bridgehead atoms. The molecule has 3 heteroatoms. The summed E-state index contributed by atoms with van der Waals surface area (Å²) in [5, 5.41) is 3.76. The van der Waals surface area contributed by atoms with Crippen molar-refractivity contribution in [2.24, 2.45) is 0 Å². The van der Waals surface area contributed by atoms with Crippen molar-refractivity contribution in [1.29, 1.82) is 0 Å². The molecule has 0 spiro atoms. The third-order valence-electron chi connectivity index (χ3n) is 3.42. The Bertz CT molecular complexity index is 189. The lowest BCUT2D eigenvalue weighted by Gasteiger charge is -2.33. The Kier molecular flexibility index (Phi) is 4.00. The van der Waals surface area contributed by atoms with Crippen LogP contribution in [0.3, 0.4) is 0 Å². The van der Waals surface area contributed by atoms with E-state index in [0.717, 1.165) is 12.1 Å². The van der Waals surface area contributed by atoms with Crippen LogP contribution in [0, 0.1) is 0 Å². The maximum absolute atomic E-state index is 3.76. The third-order valence-corrected chi connectivity index (χ3v) is 3.42. The first-order valence-electron chi connectivity index (χ1n) is 6.37. The predicted molar refractivity (Wildman–Crippen MR) is 64.2 cm³/mol. The van der Waals surface area contributed by atoms with Crippen molar-refractivity contribution in [3.8, 4) is 0 Å². The van der Waals surface area contributed by atoms with Gasteiger partial charge in [0.25, 0.3) is 0 Å². The zero-order valence-electron chi connectivity index (χ0n) is 10.2. The molecule has 0 aromatic carbocycles. The Morgan fingerprint density at radius 2 is 2.00 bits per heavy atom. The summed E-state index contributed by atoms with van der Waals surface area (Å²) in [7, 11) is 4.31. The van der Waals surface area contributed by atoms with Gasteiger partial charge in [-0.1, -0.05) is 0 Å². The predicted octanol–water partition coefficient (Wildman–Crippen LogP) is 0.764. The normalized spacial score (nSPS) is 28.6. The van der Waals surface area contributed by atoms with Gasteiger partial charge in [0, 0.05) is 31.7 Å². The molecule has 0 aromatic heterocycles. The van der Waals surface area contributed by atoms with E-state index < -0.39 is 0 Å². The van der Waals surface area contributed by atoms with Gasteiger partial charge in [0.15, 0.2) is 0 Å². The molecule has 1 heterocycles. The molecule has 1 aliphatic carbocycles. The highest BCUT2D eigenvalue weighted by Crippen LogP contribution is 2.21. The molecule has 1 saturated carbocycles. The number of hydrogen-bond donors (Lipinski definition) is 1. The number of likely N-dealkylation sites (N-methyl/N-ethyl adjacent to an activating group) is 1. The number of rotatable bonds is 5. The minimum absolute atomic E-state index is 0.772. The summed E-state index contributed by atoms with van der Waals surface area (Å²) in [5.41, 5.74) is 0. The third kappa shape index (κ3) is 4.09. The van der Waals surface area contributed by atoms with Gasteiger partial charge >= 0.3 is 0 Å². The molecule has 0 amide bonds. The number of likely N-dealkylation sites (tertiary alicyclic amines) is 1. The molecule has 2 rings (SSSR count). The first kappa shape index (κ1) is 11.4. The van der Waals surface area contributed by atoms with Crippen molar-refractivity contribution < 1.29 is 0 Å².